The molecule has 1 aromatic carbocycles. The quantitative estimate of drug-likeness (QED) is 0.757. The molecule has 0 atom stereocenters. The van der Waals surface area contributed by atoms with Crippen LogP contribution in [0.25, 0.3) is 0 Å². The van der Waals surface area contributed by atoms with Crippen molar-refractivity contribution in [3.8, 4) is 5.75 Å². The average Bonchev–Trinajstić information content (AvgIpc) is 2.39. The Hall–Kier alpha value is -1.21. The number of thiocarbonyl (C=S) groups is 1. The van der Waals surface area contributed by atoms with Crippen LogP contribution in [0.1, 0.15) is 12.8 Å². The summed E-state index contributed by atoms with van der Waals surface area (Å²) >= 11 is 8.00. The first-order valence-electron chi connectivity index (χ1n) is 6.00. The van der Waals surface area contributed by atoms with E-state index in [4.69, 9.17) is 22.7 Å². The van der Waals surface area contributed by atoms with E-state index in [1.54, 1.807) is 18.0 Å². The van der Waals surface area contributed by atoms with E-state index in [0.29, 0.717) is 28.2 Å². The third-order valence-electron chi connectivity index (χ3n) is 2.59. The fourth-order valence-electron chi connectivity index (χ4n) is 1.43. The maximum absolute atomic E-state index is 13.0. The van der Waals surface area contributed by atoms with Crippen LogP contribution in [-0.2, 0) is 4.79 Å². The second kappa shape index (κ2) is 8.16. The number of carbonyl (C=O) groups excluding carboxylic acids is 1. The van der Waals surface area contributed by atoms with Gasteiger partial charge in [0.1, 0.15) is 11.6 Å². The number of ether oxygens (including phenoxy) is 1. The summed E-state index contributed by atoms with van der Waals surface area (Å²) in [4.78, 5) is 13.7. The molecule has 1 rings (SSSR count). The molecule has 4 nitrogen and oxygen atoms in total. The minimum Gasteiger partial charge on any atom is -0.492 e. The molecule has 0 aromatic heterocycles. The number of nitrogens with zero attached hydrogens (tertiary/aromatic N) is 1. The van der Waals surface area contributed by atoms with Gasteiger partial charge < -0.3 is 15.4 Å². The van der Waals surface area contributed by atoms with Gasteiger partial charge in [-0.1, -0.05) is 12.2 Å². The first kappa shape index (κ1) is 16.8. The molecule has 7 heteroatoms. The number of hydrogen-bond acceptors (Lipinski definition) is 3. The van der Waals surface area contributed by atoms with Gasteiger partial charge >= 0.3 is 0 Å². The smallest absolute Gasteiger partial charge is 0.225 e. The van der Waals surface area contributed by atoms with Crippen LogP contribution in [0.3, 0.4) is 0 Å². The third-order valence-corrected chi connectivity index (χ3v) is 3.45. The maximum Gasteiger partial charge on any atom is 0.225 e. The van der Waals surface area contributed by atoms with Crippen LogP contribution in [0, 0.1) is 5.82 Å². The summed E-state index contributed by atoms with van der Waals surface area (Å²) in [6.07, 6.45) is 0.699. The number of nitrogens with two attached hydrogens (primary N) is 1. The molecule has 1 amide bonds. The lowest BCUT2D eigenvalue weighted by Crippen LogP contribution is -2.30. The van der Waals surface area contributed by atoms with Crippen LogP contribution in [-0.4, -0.2) is 36.0 Å². The molecule has 0 radical (unpaired) electrons. The van der Waals surface area contributed by atoms with E-state index in [1.807, 2.05) is 0 Å². The van der Waals surface area contributed by atoms with Gasteiger partial charge in [0.2, 0.25) is 5.91 Å². The van der Waals surface area contributed by atoms with Gasteiger partial charge in [0.15, 0.2) is 0 Å². The Labute approximate surface area is 131 Å². The molecule has 0 saturated heterocycles. The Bertz CT molecular complexity index is 499. The second-order valence-corrected chi connectivity index (χ2v) is 5.58. The van der Waals surface area contributed by atoms with E-state index in [9.17, 15) is 9.18 Å². The summed E-state index contributed by atoms with van der Waals surface area (Å²) in [6.45, 7) is 0.663. The van der Waals surface area contributed by atoms with Crippen molar-refractivity contribution in [3.63, 3.8) is 0 Å². The van der Waals surface area contributed by atoms with E-state index in [1.165, 1.54) is 12.1 Å². The molecule has 0 fully saturated rings. The summed E-state index contributed by atoms with van der Waals surface area (Å²) < 4.78 is 19.1. The lowest BCUT2D eigenvalue weighted by atomic mass is 10.3. The molecule has 0 heterocycles. The topological polar surface area (TPSA) is 55.6 Å². The molecule has 110 valence electrons. The van der Waals surface area contributed by atoms with Crippen LogP contribution >= 0.6 is 28.1 Å². The number of hydrogen-bond donors (Lipinski definition) is 1. The average molecular weight is 363 g/mol. The highest BCUT2D eigenvalue weighted by atomic mass is 79.9. The normalized spacial score (nSPS) is 10.2. The summed E-state index contributed by atoms with van der Waals surface area (Å²) in [6, 6.07) is 4.15. The predicted molar refractivity (Wildman–Crippen MR) is 83.3 cm³/mol. The van der Waals surface area contributed by atoms with Gasteiger partial charge in [-0.3, -0.25) is 4.79 Å². The number of halogens is 2. The Morgan fingerprint density at radius 1 is 1.50 bits per heavy atom. The van der Waals surface area contributed by atoms with Gasteiger partial charge in [-0.2, -0.15) is 0 Å². The fourth-order valence-corrected chi connectivity index (χ4v) is 1.88. The van der Waals surface area contributed by atoms with Gasteiger partial charge in [0, 0.05) is 26.1 Å². The standard InChI is InChI=1S/C13H16BrFN2O2S/c1-17(6-4-12(16)20)13(18)5-7-19-11-8-9(15)2-3-10(11)14/h2-3,8H,4-7H2,1H3,(H2,16,20). The van der Waals surface area contributed by atoms with E-state index in [2.05, 4.69) is 15.9 Å². The maximum atomic E-state index is 13.0. The molecule has 0 spiro atoms. The summed E-state index contributed by atoms with van der Waals surface area (Å²) in [7, 11) is 1.68. The monoisotopic (exact) mass is 362 g/mol. The van der Waals surface area contributed by atoms with Crippen molar-refractivity contribution < 1.29 is 13.9 Å². The van der Waals surface area contributed by atoms with Crippen molar-refractivity contribution in [1.82, 2.24) is 4.90 Å². The third kappa shape index (κ3) is 5.83. The highest BCUT2D eigenvalue weighted by molar-refractivity contribution is 9.10. The Kier molecular flexibility index (Phi) is 6.87. The van der Waals surface area contributed by atoms with E-state index >= 15 is 0 Å². The molecular formula is C13H16BrFN2O2S. The SMILES string of the molecule is CN(CCC(N)=S)C(=O)CCOc1cc(F)ccc1Br. The Morgan fingerprint density at radius 3 is 2.85 bits per heavy atom. The lowest BCUT2D eigenvalue weighted by Gasteiger charge is -2.17. The van der Waals surface area contributed by atoms with Gasteiger partial charge in [-0.25, -0.2) is 4.39 Å². The van der Waals surface area contributed by atoms with Crippen molar-refractivity contribution in [2.75, 3.05) is 20.2 Å². The molecule has 2 N–H and O–H groups in total. The fraction of sp³-hybridized carbons (Fsp3) is 0.385. The van der Waals surface area contributed by atoms with Gasteiger partial charge in [-0.05, 0) is 28.1 Å². The molecule has 0 aliphatic rings. The second-order valence-electron chi connectivity index (χ2n) is 4.20. The number of benzene rings is 1. The van der Waals surface area contributed by atoms with Crippen LogP contribution in [0.5, 0.6) is 5.75 Å². The Balaban J connectivity index is 2.38. The number of amides is 1. The molecule has 1 aromatic rings. The van der Waals surface area contributed by atoms with Crippen LogP contribution in [0.4, 0.5) is 4.39 Å². The zero-order valence-electron chi connectivity index (χ0n) is 11.1. The van der Waals surface area contributed by atoms with Crippen molar-refractivity contribution >= 4 is 39.0 Å². The first-order chi connectivity index (χ1) is 9.40. The van der Waals surface area contributed by atoms with Crippen molar-refractivity contribution in [2.24, 2.45) is 5.73 Å². The van der Waals surface area contributed by atoms with E-state index in [-0.39, 0.29) is 24.8 Å². The summed E-state index contributed by atoms with van der Waals surface area (Å²) in [5.41, 5.74) is 5.38. The van der Waals surface area contributed by atoms with Gasteiger partial charge in [0.25, 0.3) is 0 Å². The summed E-state index contributed by atoms with van der Waals surface area (Å²) in [5.74, 6) is -0.0829. The molecule has 0 saturated carbocycles. The minimum absolute atomic E-state index is 0.0752. The van der Waals surface area contributed by atoms with Gasteiger partial charge in [0.05, 0.1) is 22.5 Å². The van der Waals surface area contributed by atoms with Crippen LogP contribution in [0.15, 0.2) is 22.7 Å². The molecule has 0 bridgehead atoms. The molecule has 0 aliphatic heterocycles. The number of carbonyl (C=O) groups is 1. The zero-order valence-corrected chi connectivity index (χ0v) is 13.5. The predicted octanol–water partition coefficient (Wildman–Crippen LogP) is 2.49. The van der Waals surface area contributed by atoms with Crippen molar-refractivity contribution in [1.29, 1.82) is 0 Å². The van der Waals surface area contributed by atoms with Crippen molar-refractivity contribution in [2.45, 2.75) is 12.8 Å². The van der Waals surface area contributed by atoms with Gasteiger partial charge in [-0.15, -0.1) is 0 Å². The van der Waals surface area contributed by atoms with Crippen LogP contribution < -0.4 is 10.5 Å². The molecule has 0 aliphatic carbocycles. The minimum atomic E-state index is -0.386. The Morgan fingerprint density at radius 2 is 2.20 bits per heavy atom. The number of rotatable bonds is 7. The molecular weight excluding hydrogens is 347 g/mol. The highest BCUT2D eigenvalue weighted by Gasteiger charge is 2.10. The lowest BCUT2D eigenvalue weighted by molar-refractivity contribution is -0.130. The highest BCUT2D eigenvalue weighted by Crippen LogP contribution is 2.25. The van der Waals surface area contributed by atoms with Crippen molar-refractivity contribution in [3.05, 3.63) is 28.5 Å². The molecule has 0 unspecified atom stereocenters. The van der Waals surface area contributed by atoms with E-state index in [0.717, 1.165) is 0 Å². The zero-order chi connectivity index (χ0) is 15.1. The summed E-state index contributed by atoms with van der Waals surface area (Å²) in [5, 5.41) is 0. The first-order valence-corrected chi connectivity index (χ1v) is 7.20. The largest absolute Gasteiger partial charge is 0.492 e. The van der Waals surface area contributed by atoms with Crippen LogP contribution in [0.2, 0.25) is 0 Å². The molecule has 20 heavy (non-hydrogen) atoms. The van der Waals surface area contributed by atoms with E-state index < -0.39 is 0 Å².